The molecule has 1 unspecified atom stereocenters. The third-order valence-corrected chi connectivity index (χ3v) is 8.27. The molecule has 134 valence electrons. The van der Waals surface area contributed by atoms with Crippen LogP contribution in [-0.4, -0.2) is 30.9 Å². The summed E-state index contributed by atoms with van der Waals surface area (Å²) >= 11 is 0. The summed E-state index contributed by atoms with van der Waals surface area (Å²) in [5, 5.41) is 5.82. The van der Waals surface area contributed by atoms with Gasteiger partial charge in [0.15, 0.2) is 0 Å². The van der Waals surface area contributed by atoms with Gasteiger partial charge in [-0.25, -0.2) is 0 Å². The summed E-state index contributed by atoms with van der Waals surface area (Å²) in [5.41, 5.74) is 0. The zero-order chi connectivity index (χ0) is 17.7. The van der Waals surface area contributed by atoms with Crippen LogP contribution >= 0.6 is 16.5 Å². The monoisotopic (exact) mass is 373 g/mol. The lowest BCUT2D eigenvalue weighted by Crippen LogP contribution is -2.22. The number of nitrogens with one attached hydrogen (secondary N) is 1. The van der Waals surface area contributed by atoms with Gasteiger partial charge in [-0.3, -0.25) is 4.79 Å². The van der Waals surface area contributed by atoms with Gasteiger partial charge >= 0.3 is 0 Å². The molecule has 0 radical (unpaired) electrons. The molecule has 1 amide bonds. The zero-order valence-corrected chi connectivity index (χ0v) is 17.0. The highest BCUT2D eigenvalue weighted by Crippen LogP contribution is 2.35. The van der Waals surface area contributed by atoms with Gasteiger partial charge in [-0.15, -0.1) is 8.58 Å². The van der Waals surface area contributed by atoms with Crippen LogP contribution in [0.15, 0.2) is 60.7 Å². The molecule has 0 saturated carbocycles. The Morgan fingerprint density at radius 3 is 2.08 bits per heavy atom. The molecule has 4 heteroatoms. The summed E-state index contributed by atoms with van der Waals surface area (Å²) < 4.78 is 0. The van der Waals surface area contributed by atoms with Gasteiger partial charge in [-0.2, -0.15) is 0 Å². The van der Waals surface area contributed by atoms with Crippen LogP contribution in [0.4, 0.5) is 0 Å². The minimum atomic E-state index is -0.248. The number of carbonyl (C=O) groups is 1. The molecule has 25 heavy (non-hydrogen) atoms. The van der Waals surface area contributed by atoms with E-state index in [2.05, 4.69) is 66.0 Å². The maximum atomic E-state index is 11.4. The lowest BCUT2D eigenvalue weighted by molar-refractivity contribution is -0.121. The second kappa shape index (κ2) is 12.2. The van der Waals surface area contributed by atoms with Crippen molar-refractivity contribution < 1.29 is 4.79 Å². The number of rotatable bonds is 11. The molecule has 0 aliphatic rings. The van der Waals surface area contributed by atoms with Crippen LogP contribution in [0.1, 0.15) is 26.2 Å². The summed E-state index contributed by atoms with van der Waals surface area (Å²) in [5.74, 6) is 0.197. The van der Waals surface area contributed by atoms with Crippen LogP contribution in [0.2, 0.25) is 0 Å². The Kier molecular flexibility index (Phi) is 9.78. The van der Waals surface area contributed by atoms with Gasteiger partial charge in [0, 0.05) is 13.0 Å². The van der Waals surface area contributed by atoms with E-state index in [1.165, 1.54) is 35.5 Å². The Morgan fingerprint density at radius 1 is 0.920 bits per heavy atom. The lowest BCUT2D eigenvalue weighted by Gasteiger charge is -2.18. The first-order chi connectivity index (χ1) is 12.3. The van der Waals surface area contributed by atoms with E-state index in [4.69, 9.17) is 0 Å². The van der Waals surface area contributed by atoms with E-state index in [0.29, 0.717) is 6.42 Å². The average Bonchev–Trinajstić information content (AvgIpc) is 2.65. The number of hydrogen-bond donors (Lipinski definition) is 1. The fraction of sp³-hybridized carbons (Fsp3) is 0.381. The fourth-order valence-electron chi connectivity index (χ4n) is 2.76. The molecular formula is C21H29NOP2. The Morgan fingerprint density at radius 2 is 1.52 bits per heavy atom. The largest absolute Gasteiger partial charge is 0.356 e. The molecule has 0 saturated heterocycles. The van der Waals surface area contributed by atoms with Crippen LogP contribution < -0.4 is 15.9 Å². The van der Waals surface area contributed by atoms with E-state index in [-0.39, 0.29) is 13.8 Å². The number of hydrogen-bond acceptors (Lipinski definition) is 1. The third-order valence-electron chi connectivity index (χ3n) is 4.03. The lowest BCUT2D eigenvalue weighted by atomic mass is 10.2. The van der Waals surface area contributed by atoms with Crippen molar-refractivity contribution in [1.82, 2.24) is 5.32 Å². The topological polar surface area (TPSA) is 29.1 Å². The molecular weight excluding hydrogens is 344 g/mol. The first-order valence-electron chi connectivity index (χ1n) is 9.16. The molecule has 0 aromatic heterocycles. The Labute approximate surface area is 155 Å². The highest BCUT2D eigenvalue weighted by molar-refractivity contribution is 7.73. The minimum Gasteiger partial charge on any atom is -0.356 e. The molecule has 0 spiro atoms. The van der Waals surface area contributed by atoms with Crippen molar-refractivity contribution in [2.75, 3.05) is 25.0 Å². The zero-order valence-electron chi connectivity index (χ0n) is 15.1. The smallest absolute Gasteiger partial charge is 0.219 e. The van der Waals surface area contributed by atoms with E-state index in [0.717, 1.165) is 21.5 Å². The molecule has 0 aliphatic carbocycles. The van der Waals surface area contributed by atoms with Crippen molar-refractivity contribution in [3.8, 4) is 0 Å². The number of amides is 1. The van der Waals surface area contributed by atoms with Gasteiger partial charge in [0.25, 0.3) is 0 Å². The average molecular weight is 373 g/mol. The Hall–Kier alpha value is -1.23. The van der Waals surface area contributed by atoms with Crippen LogP contribution in [-0.2, 0) is 4.79 Å². The molecule has 2 nitrogen and oxygen atoms in total. The van der Waals surface area contributed by atoms with Crippen LogP contribution in [0.3, 0.4) is 0 Å². The van der Waals surface area contributed by atoms with Crippen molar-refractivity contribution >= 4 is 33.0 Å². The summed E-state index contributed by atoms with van der Waals surface area (Å²) in [6.45, 7) is 2.71. The van der Waals surface area contributed by atoms with E-state index in [9.17, 15) is 4.79 Å². The number of unbranched alkanes of at least 4 members (excludes halogenated alkanes) is 1. The first kappa shape index (κ1) is 20.1. The van der Waals surface area contributed by atoms with Crippen LogP contribution in [0.25, 0.3) is 0 Å². The van der Waals surface area contributed by atoms with Gasteiger partial charge in [0.2, 0.25) is 5.91 Å². The highest BCUT2D eigenvalue weighted by Gasteiger charge is 2.12. The maximum absolute atomic E-state index is 11.4. The Bertz CT molecular complexity index is 564. The standard InChI is InChI=1S/C21H29NOP2/c1-2-22-21(23)15-9-10-16-24-17-18-25(19-11-5-3-6-12-19)20-13-7-4-8-14-20/h3-8,11-14,24H,2,9-10,15-18H2,1H3,(H,22,23). The maximum Gasteiger partial charge on any atom is 0.219 e. The third kappa shape index (κ3) is 7.68. The van der Waals surface area contributed by atoms with Crippen molar-refractivity contribution in [2.24, 2.45) is 0 Å². The van der Waals surface area contributed by atoms with Gasteiger partial charge in [-0.05, 0) is 56.8 Å². The fourth-order valence-corrected chi connectivity index (χ4v) is 6.92. The van der Waals surface area contributed by atoms with Gasteiger partial charge in [-0.1, -0.05) is 60.7 Å². The van der Waals surface area contributed by atoms with E-state index in [1.807, 2.05) is 6.92 Å². The van der Waals surface area contributed by atoms with E-state index < -0.39 is 0 Å². The van der Waals surface area contributed by atoms with Crippen molar-refractivity contribution in [3.05, 3.63) is 60.7 Å². The SMILES string of the molecule is CCNC(=O)CCCCPCCP(c1ccccc1)c1ccccc1. The van der Waals surface area contributed by atoms with Crippen LogP contribution in [0, 0.1) is 0 Å². The van der Waals surface area contributed by atoms with Crippen LogP contribution in [0.5, 0.6) is 0 Å². The summed E-state index contributed by atoms with van der Waals surface area (Å²) in [6.07, 6.45) is 6.68. The Balaban J connectivity index is 1.75. The van der Waals surface area contributed by atoms with E-state index in [1.54, 1.807) is 0 Å². The molecule has 0 fully saturated rings. The summed E-state index contributed by atoms with van der Waals surface area (Å²) in [4.78, 5) is 11.4. The minimum absolute atomic E-state index is 0.197. The highest BCUT2D eigenvalue weighted by atomic mass is 31.1. The van der Waals surface area contributed by atoms with Crippen molar-refractivity contribution in [2.45, 2.75) is 26.2 Å². The molecule has 1 N–H and O–H groups in total. The molecule has 2 aromatic carbocycles. The number of carbonyl (C=O) groups excluding carboxylic acids is 1. The first-order valence-corrected chi connectivity index (χ1v) is 12.1. The molecule has 0 aliphatic heterocycles. The predicted octanol–water partition coefficient (Wildman–Crippen LogP) is 4.10. The van der Waals surface area contributed by atoms with Crippen molar-refractivity contribution in [3.63, 3.8) is 0 Å². The van der Waals surface area contributed by atoms with Gasteiger partial charge < -0.3 is 5.32 Å². The molecule has 0 heterocycles. The summed E-state index contributed by atoms with van der Waals surface area (Å²) in [6, 6.07) is 21.9. The summed E-state index contributed by atoms with van der Waals surface area (Å²) in [7, 11) is 0.756. The predicted molar refractivity (Wildman–Crippen MR) is 115 cm³/mol. The normalized spacial score (nSPS) is 11.3. The van der Waals surface area contributed by atoms with E-state index >= 15 is 0 Å². The second-order valence-electron chi connectivity index (χ2n) is 5.98. The molecule has 1 atom stereocenters. The molecule has 2 rings (SSSR count). The number of benzene rings is 2. The quantitative estimate of drug-likeness (QED) is 0.466. The van der Waals surface area contributed by atoms with Crippen molar-refractivity contribution in [1.29, 1.82) is 0 Å². The second-order valence-corrected chi connectivity index (χ2v) is 9.82. The van der Waals surface area contributed by atoms with Gasteiger partial charge in [0.1, 0.15) is 0 Å². The molecule has 2 aromatic rings. The van der Waals surface area contributed by atoms with Gasteiger partial charge in [0.05, 0.1) is 0 Å². The molecule has 0 bridgehead atoms.